The van der Waals surface area contributed by atoms with Crippen LogP contribution in [-0.4, -0.2) is 27.1 Å². The molecule has 5 nitrogen and oxygen atoms in total. The van der Waals surface area contributed by atoms with Crippen LogP contribution in [0.3, 0.4) is 0 Å². The van der Waals surface area contributed by atoms with E-state index in [0.29, 0.717) is 6.42 Å². The van der Waals surface area contributed by atoms with Crippen LogP contribution in [0.15, 0.2) is 48.5 Å². The maximum Gasteiger partial charge on any atom is 0.241 e. The third-order valence-electron chi connectivity index (χ3n) is 3.82. The lowest BCUT2D eigenvalue weighted by Gasteiger charge is -2.24. The summed E-state index contributed by atoms with van der Waals surface area (Å²) >= 11 is 5.73. The summed E-state index contributed by atoms with van der Waals surface area (Å²) in [4.78, 5) is 12.4. The fourth-order valence-electron chi connectivity index (χ4n) is 2.52. The number of sulfonamides is 1. The maximum atomic E-state index is 13.3. The number of carbonyl (C=O) groups excluding carboxylic acids is 1. The molecule has 8 heteroatoms. The molecule has 0 radical (unpaired) electrons. The minimum Gasteiger partial charge on any atom is -0.348 e. The fraction of sp³-hybridized carbons (Fsp3) is 0.278. The van der Waals surface area contributed by atoms with Crippen LogP contribution in [0, 0.1) is 5.82 Å². The summed E-state index contributed by atoms with van der Waals surface area (Å²) < 4.78 is 38.4. The van der Waals surface area contributed by atoms with E-state index in [-0.39, 0.29) is 16.8 Å². The highest BCUT2D eigenvalue weighted by Gasteiger charge is 2.23. The van der Waals surface area contributed by atoms with Crippen LogP contribution < -0.4 is 9.62 Å². The van der Waals surface area contributed by atoms with Crippen LogP contribution in [-0.2, 0) is 14.8 Å². The molecule has 1 amide bonds. The van der Waals surface area contributed by atoms with Gasteiger partial charge >= 0.3 is 0 Å². The average Bonchev–Trinajstić information content (AvgIpc) is 2.60. The topological polar surface area (TPSA) is 66.5 Å². The number of amides is 1. The molecule has 0 unspecified atom stereocenters. The Morgan fingerprint density at radius 3 is 2.42 bits per heavy atom. The Labute approximate surface area is 157 Å². The molecule has 0 aromatic heterocycles. The van der Waals surface area contributed by atoms with Gasteiger partial charge < -0.3 is 5.32 Å². The van der Waals surface area contributed by atoms with Crippen molar-refractivity contribution in [2.45, 2.75) is 19.4 Å². The zero-order valence-corrected chi connectivity index (χ0v) is 16.0. The summed E-state index contributed by atoms with van der Waals surface area (Å²) in [6.45, 7) is 1.50. The molecule has 0 spiro atoms. The Balaban J connectivity index is 2.20. The van der Waals surface area contributed by atoms with Crippen LogP contribution in [0.4, 0.5) is 10.1 Å². The van der Waals surface area contributed by atoms with Gasteiger partial charge in [0.05, 0.1) is 23.0 Å². The van der Waals surface area contributed by atoms with Gasteiger partial charge in [0.1, 0.15) is 12.4 Å². The minimum absolute atomic E-state index is 0.127. The largest absolute Gasteiger partial charge is 0.348 e. The molecule has 0 bridgehead atoms. The number of nitrogens with one attached hydrogen (secondary N) is 1. The van der Waals surface area contributed by atoms with Gasteiger partial charge in [-0.3, -0.25) is 9.10 Å². The first-order valence-electron chi connectivity index (χ1n) is 7.99. The number of hydrogen-bond acceptors (Lipinski definition) is 3. The molecule has 2 rings (SSSR count). The molecule has 140 valence electrons. The lowest BCUT2D eigenvalue weighted by molar-refractivity contribution is -0.120. The summed E-state index contributed by atoms with van der Waals surface area (Å²) in [5.41, 5.74) is 1.06. The Morgan fingerprint density at radius 1 is 1.23 bits per heavy atom. The zero-order valence-electron chi connectivity index (χ0n) is 14.4. The van der Waals surface area contributed by atoms with E-state index < -0.39 is 28.3 Å². The van der Waals surface area contributed by atoms with Crippen LogP contribution in [0.25, 0.3) is 0 Å². The number of nitrogens with zero attached hydrogens (tertiary/aromatic N) is 1. The van der Waals surface area contributed by atoms with Gasteiger partial charge in [-0.2, -0.15) is 0 Å². The number of halogens is 2. The number of rotatable bonds is 7. The summed E-state index contributed by atoms with van der Waals surface area (Å²) in [6, 6.07) is 12.7. The molecular weight excluding hydrogens is 379 g/mol. The monoisotopic (exact) mass is 398 g/mol. The van der Waals surface area contributed by atoms with Crippen molar-refractivity contribution < 1.29 is 17.6 Å². The molecule has 0 aliphatic carbocycles. The molecule has 0 saturated carbocycles. The van der Waals surface area contributed by atoms with E-state index in [2.05, 4.69) is 5.32 Å². The number of hydrogen-bond donors (Lipinski definition) is 1. The highest BCUT2D eigenvalue weighted by Crippen LogP contribution is 2.24. The first-order chi connectivity index (χ1) is 12.2. The summed E-state index contributed by atoms with van der Waals surface area (Å²) in [5, 5.41) is 2.61. The molecular formula is C18H20ClFN2O3S. The van der Waals surface area contributed by atoms with E-state index in [4.69, 9.17) is 11.6 Å². The third-order valence-corrected chi connectivity index (χ3v) is 5.25. The van der Waals surface area contributed by atoms with Gasteiger partial charge in [-0.05, 0) is 30.2 Å². The predicted octanol–water partition coefficient (Wildman–Crippen LogP) is 3.51. The second-order valence-electron chi connectivity index (χ2n) is 5.81. The lowest BCUT2D eigenvalue weighted by atomic mass is 10.0. The highest BCUT2D eigenvalue weighted by molar-refractivity contribution is 7.92. The zero-order chi connectivity index (χ0) is 19.3. The van der Waals surface area contributed by atoms with Gasteiger partial charge in [-0.1, -0.05) is 48.9 Å². The SMILES string of the molecule is CC[C@H](NC(=O)CN(c1ccc(F)c(Cl)c1)S(C)(=O)=O)c1ccccc1. The Hall–Kier alpha value is -2.12. The minimum atomic E-state index is -3.76. The maximum absolute atomic E-state index is 13.3. The highest BCUT2D eigenvalue weighted by atomic mass is 35.5. The molecule has 0 aliphatic rings. The van der Waals surface area contributed by atoms with Crippen molar-refractivity contribution in [2.75, 3.05) is 17.1 Å². The Morgan fingerprint density at radius 2 is 1.88 bits per heavy atom. The predicted molar refractivity (Wildman–Crippen MR) is 101 cm³/mol. The second-order valence-corrected chi connectivity index (χ2v) is 8.12. The van der Waals surface area contributed by atoms with E-state index in [1.165, 1.54) is 12.1 Å². The van der Waals surface area contributed by atoms with Gasteiger partial charge in [0, 0.05) is 0 Å². The normalized spacial score (nSPS) is 12.5. The number of carbonyl (C=O) groups is 1. The first-order valence-corrected chi connectivity index (χ1v) is 10.2. The molecule has 0 heterocycles. The summed E-state index contributed by atoms with van der Waals surface area (Å²) in [5.74, 6) is -1.13. The molecule has 1 N–H and O–H groups in total. The summed E-state index contributed by atoms with van der Waals surface area (Å²) in [7, 11) is -3.76. The van der Waals surface area contributed by atoms with Crippen LogP contribution >= 0.6 is 11.6 Å². The quantitative estimate of drug-likeness (QED) is 0.776. The smallest absolute Gasteiger partial charge is 0.241 e. The van der Waals surface area contributed by atoms with E-state index in [1.54, 1.807) is 0 Å². The van der Waals surface area contributed by atoms with Crippen molar-refractivity contribution in [2.24, 2.45) is 0 Å². The molecule has 0 fully saturated rings. The van der Waals surface area contributed by atoms with E-state index in [0.717, 1.165) is 22.2 Å². The van der Waals surface area contributed by atoms with Gasteiger partial charge in [0.25, 0.3) is 0 Å². The molecule has 2 aromatic rings. The lowest BCUT2D eigenvalue weighted by Crippen LogP contribution is -2.41. The average molecular weight is 399 g/mol. The number of benzene rings is 2. The van der Waals surface area contributed by atoms with Crippen molar-refractivity contribution in [1.29, 1.82) is 0 Å². The molecule has 0 aliphatic heterocycles. The summed E-state index contributed by atoms with van der Waals surface area (Å²) in [6.07, 6.45) is 1.63. The molecule has 2 aromatic carbocycles. The van der Waals surface area contributed by atoms with Gasteiger partial charge in [0.15, 0.2) is 0 Å². The van der Waals surface area contributed by atoms with Crippen LogP contribution in [0.2, 0.25) is 5.02 Å². The van der Waals surface area contributed by atoms with Crippen LogP contribution in [0.1, 0.15) is 24.9 Å². The van der Waals surface area contributed by atoms with Gasteiger partial charge in [-0.25, -0.2) is 12.8 Å². The second kappa shape index (κ2) is 8.51. The Kier molecular flexibility index (Phi) is 6.61. The van der Waals surface area contributed by atoms with Gasteiger partial charge in [-0.15, -0.1) is 0 Å². The van der Waals surface area contributed by atoms with Crippen molar-refractivity contribution in [3.63, 3.8) is 0 Å². The van der Waals surface area contributed by atoms with Crippen molar-refractivity contribution in [1.82, 2.24) is 5.32 Å². The van der Waals surface area contributed by atoms with Crippen LogP contribution in [0.5, 0.6) is 0 Å². The molecule has 1 atom stereocenters. The van der Waals surface area contributed by atoms with E-state index >= 15 is 0 Å². The number of anilines is 1. The van der Waals surface area contributed by atoms with Gasteiger partial charge in [0.2, 0.25) is 15.9 Å². The Bertz CT molecular complexity index is 875. The standard InChI is InChI=1S/C18H20ClFN2O3S/c1-3-17(13-7-5-4-6-8-13)21-18(23)12-22(26(2,24)25)14-9-10-16(20)15(19)11-14/h4-11,17H,3,12H2,1-2H3,(H,21,23)/t17-/m0/s1. The van der Waals surface area contributed by atoms with E-state index in [1.807, 2.05) is 37.3 Å². The molecule has 26 heavy (non-hydrogen) atoms. The van der Waals surface area contributed by atoms with Crippen molar-refractivity contribution >= 4 is 33.2 Å². The van der Waals surface area contributed by atoms with E-state index in [9.17, 15) is 17.6 Å². The molecule has 0 saturated heterocycles. The first kappa shape index (κ1) is 20.2. The third kappa shape index (κ3) is 5.19. The fourth-order valence-corrected chi connectivity index (χ4v) is 3.54. The van der Waals surface area contributed by atoms with Crippen molar-refractivity contribution in [3.8, 4) is 0 Å². The van der Waals surface area contributed by atoms with Crippen molar-refractivity contribution in [3.05, 3.63) is 64.9 Å².